The standard InChI is InChI=1S/C17H27NO/c1-13(2)16(15-8-5-4-6-9-15)12-18-14(3)17-10-7-11-19-17/h4-6,8-9,13-14,16-18H,7,10-12H2,1-3H3. The van der Waals surface area contributed by atoms with Crippen LogP contribution in [0, 0.1) is 5.92 Å². The Balaban J connectivity index is 1.90. The summed E-state index contributed by atoms with van der Waals surface area (Å²) in [6.07, 6.45) is 2.82. The van der Waals surface area contributed by atoms with E-state index in [4.69, 9.17) is 4.74 Å². The van der Waals surface area contributed by atoms with Crippen LogP contribution in [0.15, 0.2) is 30.3 Å². The fraction of sp³-hybridized carbons (Fsp3) is 0.647. The lowest BCUT2D eigenvalue weighted by molar-refractivity contribution is 0.0827. The first kappa shape index (κ1) is 14.5. The zero-order valence-electron chi connectivity index (χ0n) is 12.4. The number of benzene rings is 1. The Morgan fingerprint density at radius 1 is 1.21 bits per heavy atom. The van der Waals surface area contributed by atoms with Crippen molar-refractivity contribution in [3.8, 4) is 0 Å². The van der Waals surface area contributed by atoms with Crippen LogP contribution >= 0.6 is 0 Å². The minimum absolute atomic E-state index is 0.406. The molecule has 1 heterocycles. The molecule has 1 aliphatic rings. The molecule has 2 nitrogen and oxygen atoms in total. The van der Waals surface area contributed by atoms with Crippen molar-refractivity contribution in [1.82, 2.24) is 5.32 Å². The van der Waals surface area contributed by atoms with E-state index in [-0.39, 0.29) is 0 Å². The highest BCUT2D eigenvalue weighted by Gasteiger charge is 2.23. The van der Waals surface area contributed by atoms with Crippen molar-refractivity contribution in [2.75, 3.05) is 13.2 Å². The molecule has 1 aromatic rings. The quantitative estimate of drug-likeness (QED) is 0.845. The molecule has 106 valence electrons. The van der Waals surface area contributed by atoms with Gasteiger partial charge in [0.1, 0.15) is 0 Å². The van der Waals surface area contributed by atoms with Crippen LogP contribution in [-0.4, -0.2) is 25.3 Å². The fourth-order valence-electron chi connectivity index (χ4n) is 2.88. The summed E-state index contributed by atoms with van der Waals surface area (Å²) in [4.78, 5) is 0. The smallest absolute Gasteiger partial charge is 0.0726 e. The summed E-state index contributed by atoms with van der Waals surface area (Å²) in [5.41, 5.74) is 1.43. The van der Waals surface area contributed by atoms with Gasteiger partial charge in [0.05, 0.1) is 6.10 Å². The summed E-state index contributed by atoms with van der Waals surface area (Å²) < 4.78 is 5.75. The Kier molecular flexibility index (Phi) is 5.41. The molecule has 0 aromatic heterocycles. The first-order valence-corrected chi connectivity index (χ1v) is 7.58. The lowest BCUT2D eigenvalue weighted by atomic mass is 9.88. The molecule has 3 unspecified atom stereocenters. The van der Waals surface area contributed by atoms with Gasteiger partial charge in [0, 0.05) is 19.2 Å². The van der Waals surface area contributed by atoms with Gasteiger partial charge in [0.25, 0.3) is 0 Å². The zero-order valence-corrected chi connectivity index (χ0v) is 12.4. The number of hydrogen-bond acceptors (Lipinski definition) is 2. The molecular formula is C17H27NO. The second-order valence-corrected chi connectivity index (χ2v) is 6.01. The van der Waals surface area contributed by atoms with Crippen LogP contribution in [0.5, 0.6) is 0 Å². The van der Waals surface area contributed by atoms with Gasteiger partial charge in [-0.1, -0.05) is 44.2 Å². The molecule has 0 amide bonds. The van der Waals surface area contributed by atoms with Crippen LogP contribution in [0.3, 0.4) is 0 Å². The maximum atomic E-state index is 5.75. The van der Waals surface area contributed by atoms with Gasteiger partial charge < -0.3 is 10.1 Å². The molecule has 0 aliphatic carbocycles. The third-order valence-electron chi connectivity index (χ3n) is 4.21. The minimum Gasteiger partial charge on any atom is -0.377 e. The summed E-state index contributed by atoms with van der Waals surface area (Å²) in [6.45, 7) is 8.82. The van der Waals surface area contributed by atoms with Crippen molar-refractivity contribution in [1.29, 1.82) is 0 Å². The van der Waals surface area contributed by atoms with E-state index in [2.05, 4.69) is 56.4 Å². The van der Waals surface area contributed by atoms with E-state index in [0.29, 0.717) is 24.0 Å². The van der Waals surface area contributed by atoms with Crippen molar-refractivity contribution in [2.24, 2.45) is 5.92 Å². The molecule has 1 N–H and O–H groups in total. The van der Waals surface area contributed by atoms with Gasteiger partial charge >= 0.3 is 0 Å². The van der Waals surface area contributed by atoms with Gasteiger partial charge in [-0.25, -0.2) is 0 Å². The monoisotopic (exact) mass is 261 g/mol. The molecular weight excluding hydrogens is 234 g/mol. The SMILES string of the molecule is CC(C)C(CNC(C)C1CCCO1)c1ccccc1. The van der Waals surface area contributed by atoms with E-state index in [1.807, 2.05) is 0 Å². The Labute approximate surface area is 117 Å². The molecule has 0 saturated carbocycles. The van der Waals surface area contributed by atoms with Gasteiger partial charge in [-0.05, 0) is 37.2 Å². The third-order valence-corrected chi connectivity index (χ3v) is 4.21. The number of rotatable bonds is 6. The second kappa shape index (κ2) is 7.06. The highest BCUT2D eigenvalue weighted by molar-refractivity contribution is 5.20. The predicted molar refractivity (Wildman–Crippen MR) is 80.5 cm³/mol. The lowest BCUT2D eigenvalue weighted by Gasteiger charge is -2.26. The molecule has 2 heteroatoms. The highest BCUT2D eigenvalue weighted by atomic mass is 16.5. The fourth-order valence-corrected chi connectivity index (χ4v) is 2.88. The summed E-state index contributed by atoms with van der Waals surface area (Å²) in [5.74, 6) is 1.22. The predicted octanol–water partition coefficient (Wildman–Crippen LogP) is 3.58. The largest absolute Gasteiger partial charge is 0.377 e. The van der Waals surface area contributed by atoms with Gasteiger partial charge in [-0.2, -0.15) is 0 Å². The summed E-state index contributed by atoms with van der Waals surface area (Å²) in [7, 11) is 0. The van der Waals surface area contributed by atoms with Crippen molar-refractivity contribution >= 4 is 0 Å². The van der Waals surface area contributed by atoms with Crippen LogP contribution < -0.4 is 5.32 Å². The Bertz CT molecular complexity index is 357. The van der Waals surface area contributed by atoms with Crippen LogP contribution in [-0.2, 0) is 4.74 Å². The number of hydrogen-bond donors (Lipinski definition) is 1. The molecule has 1 saturated heterocycles. The molecule has 0 spiro atoms. The molecule has 3 atom stereocenters. The second-order valence-electron chi connectivity index (χ2n) is 6.01. The lowest BCUT2D eigenvalue weighted by Crippen LogP contribution is -2.39. The Morgan fingerprint density at radius 2 is 1.95 bits per heavy atom. The Hall–Kier alpha value is -0.860. The molecule has 2 rings (SSSR count). The normalized spacial score (nSPS) is 22.6. The first-order valence-electron chi connectivity index (χ1n) is 7.58. The van der Waals surface area contributed by atoms with E-state index < -0.39 is 0 Å². The molecule has 0 radical (unpaired) electrons. The van der Waals surface area contributed by atoms with Gasteiger partial charge in [-0.3, -0.25) is 0 Å². The molecule has 1 aliphatic heterocycles. The van der Waals surface area contributed by atoms with Crippen LogP contribution in [0.2, 0.25) is 0 Å². The average molecular weight is 261 g/mol. The van der Waals surface area contributed by atoms with E-state index in [1.165, 1.54) is 18.4 Å². The Morgan fingerprint density at radius 3 is 2.53 bits per heavy atom. The van der Waals surface area contributed by atoms with Gasteiger partial charge in [-0.15, -0.1) is 0 Å². The number of nitrogens with one attached hydrogen (secondary N) is 1. The summed E-state index contributed by atoms with van der Waals surface area (Å²) in [6, 6.07) is 11.3. The molecule has 1 fully saturated rings. The number of ether oxygens (including phenoxy) is 1. The maximum absolute atomic E-state index is 5.75. The molecule has 0 bridgehead atoms. The topological polar surface area (TPSA) is 21.3 Å². The van der Waals surface area contributed by atoms with Crippen molar-refractivity contribution in [3.63, 3.8) is 0 Å². The first-order chi connectivity index (χ1) is 9.18. The van der Waals surface area contributed by atoms with Gasteiger partial charge in [0.15, 0.2) is 0 Å². The van der Waals surface area contributed by atoms with Gasteiger partial charge in [0.2, 0.25) is 0 Å². The zero-order chi connectivity index (χ0) is 13.7. The van der Waals surface area contributed by atoms with E-state index in [1.54, 1.807) is 0 Å². The van der Waals surface area contributed by atoms with Crippen LogP contribution in [0.1, 0.15) is 45.1 Å². The third kappa shape index (κ3) is 4.05. The molecule has 19 heavy (non-hydrogen) atoms. The van der Waals surface area contributed by atoms with Crippen LogP contribution in [0.25, 0.3) is 0 Å². The van der Waals surface area contributed by atoms with Crippen molar-refractivity contribution < 1.29 is 4.74 Å². The van der Waals surface area contributed by atoms with Crippen molar-refractivity contribution in [3.05, 3.63) is 35.9 Å². The van der Waals surface area contributed by atoms with Crippen LogP contribution in [0.4, 0.5) is 0 Å². The minimum atomic E-state index is 0.406. The van der Waals surface area contributed by atoms with E-state index >= 15 is 0 Å². The highest BCUT2D eigenvalue weighted by Crippen LogP contribution is 2.24. The average Bonchev–Trinajstić information content (AvgIpc) is 2.93. The van der Waals surface area contributed by atoms with E-state index in [9.17, 15) is 0 Å². The van der Waals surface area contributed by atoms with E-state index in [0.717, 1.165) is 13.2 Å². The maximum Gasteiger partial charge on any atom is 0.0726 e. The van der Waals surface area contributed by atoms with Crippen molar-refractivity contribution in [2.45, 2.75) is 51.7 Å². The molecule has 1 aromatic carbocycles. The summed E-state index contributed by atoms with van der Waals surface area (Å²) >= 11 is 0. The summed E-state index contributed by atoms with van der Waals surface area (Å²) in [5, 5.41) is 3.68.